The molecule has 0 unspecified atom stereocenters. The molecule has 0 amide bonds. The topological polar surface area (TPSA) is 102 Å². The maximum atomic E-state index is 14.5. The van der Waals surface area contributed by atoms with Gasteiger partial charge in [-0.25, -0.2) is 22.0 Å². The number of Topliss-reactive ketones (excluding diaryl/α,β-unsaturated/α-hetero) is 1. The normalized spacial score (nSPS) is 11.1. The predicted molar refractivity (Wildman–Crippen MR) is 116 cm³/mol. The second kappa shape index (κ2) is 10.3. The number of carbonyl (C=O) groups excluding carboxylic acids is 2. The third-order valence-electron chi connectivity index (χ3n) is 4.52. The van der Waals surface area contributed by atoms with Crippen LogP contribution in [0.3, 0.4) is 0 Å². The number of pyridine rings is 1. The first-order valence-electron chi connectivity index (χ1n) is 9.93. The van der Waals surface area contributed by atoms with Crippen LogP contribution in [0.5, 0.6) is 0 Å². The van der Waals surface area contributed by atoms with Crippen molar-refractivity contribution in [2.75, 3.05) is 4.72 Å². The molecule has 0 spiro atoms. The highest BCUT2D eigenvalue weighted by atomic mass is 32.2. The number of aromatic nitrogens is 1. The highest BCUT2D eigenvalue weighted by Crippen LogP contribution is 2.23. The molecular weight excluding hydrogens is 454 g/mol. The molecule has 2 aromatic carbocycles. The van der Waals surface area contributed by atoms with Crippen LogP contribution in [0, 0.1) is 11.6 Å². The van der Waals surface area contributed by atoms with Gasteiger partial charge in [0.2, 0.25) is 0 Å². The SMILES string of the molecule is CCCC(=O)c1ccc(S(=O)(=O)Nc2cc(F)c(C(=O)OCc3ccccc3)c(F)c2)cn1. The molecule has 0 atom stereocenters. The Balaban J connectivity index is 1.75. The lowest BCUT2D eigenvalue weighted by Crippen LogP contribution is -2.16. The quantitative estimate of drug-likeness (QED) is 0.362. The van der Waals surface area contributed by atoms with E-state index in [0.717, 1.165) is 6.20 Å². The van der Waals surface area contributed by atoms with Crippen molar-refractivity contribution >= 4 is 27.5 Å². The van der Waals surface area contributed by atoms with Crippen LogP contribution in [-0.2, 0) is 21.4 Å². The van der Waals surface area contributed by atoms with Gasteiger partial charge in [-0.3, -0.25) is 14.5 Å². The van der Waals surface area contributed by atoms with Gasteiger partial charge in [0, 0.05) is 12.6 Å². The molecule has 0 aliphatic carbocycles. The molecule has 0 aliphatic rings. The minimum absolute atomic E-state index is 0.117. The van der Waals surface area contributed by atoms with E-state index in [4.69, 9.17) is 4.74 Å². The van der Waals surface area contributed by atoms with Gasteiger partial charge in [0.1, 0.15) is 34.4 Å². The molecule has 1 N–H and O–H groups in total. The van der Waals surface area contributed by atoms with E-state index >= 15 is 0 Å². The number of rotatable bonds is 9. The summed E-state index contributed by atoms with van der Waals surface area (Å²) in [5, 5.41) is 0. The van der Waals surface area contributed by atoms with Crippen molar-refractivity contribution in [1.82, 2.24) is 4.98 Å². The van der Waals surface area contributed by atoms with Crippen LogP contribution in [0.1, 0.15) is 46.2 Å². The average molecular weight is 474 g/mol. The molecule has 33 heavy (non-hydrogen) atoms. The van der Waals surface area contributed by atoms with E-state index in [1.54, 1.807) is 30.3 Å². The highest BCUT2D eigenvalue weighted by molar-refractivity contribution is 7.92. The summed E-state index contributed by atoms with van der Waals surface area (Å²) < 4.78 is 61.0. The number of esters is 1. The third-order valence-corrected chi connectivity index (χ3v) is 5.89. The number of benzene rings is 2. The van der Waals surface area contributed by atoms with Gasteiger partial charge >= 0.3 is 5.97 Å². The highest BCUT2D eigenvalue weighted by Gasteiger charge is 2.23. The molecule has 0 fully saturated rings. The lowest BCUT2D eigenvalue weighted by Gasteiger charge is -2.11. The van der Waals surface area contributed by atoms with Gasteiger partial charge in [-0.1, -0.05) is 37.3 Å². The van der Waals surface area contributed by atoms with Crippen LogP contribution in [0.25, 0.3) is 0 Å². The first-order chi connectivity index (χ1) is 15.7. The van der Waals surface area contributed by atoms with Crippen molar-refractivity contribution in [3.05, 3.63) is 89.2 Å². The van der Waals surface area contributed by atoms with E-state index in [-0.39, 0.29) is 29.4 Å². The van der Waals surface area contributed by atoms with E-state index in [9.17, 15) is 26.8 Å². The van der Waals surface area contributed by atoms with Crippen molar-refractivity contribution in [3.63, 3.8) is 0 Å². The number of nitrogens with one attached hydrogen (secondary N) is 1. The summed E-state index contributed by atoms with van der Waals surface area (Å²) in [5.41, 5.74) is -0.622. The summed E-state index contributed by atoms with van der Waals surface area (Å²) in [6.07, 6.45) is 1.87. The van der Waals surface area contributed by atoms with Crippen molar-refractivity contribution in [2.45, 2.75) is 31.3 Å². The number of ether oxygens (including phenoxy) is 1. The van der Waals surface area contributed by atoms with Crippen LogP contribution in [0.4, 0.5) is 14.5 Å². The van der Waals surface area contributed by atoms with Gasteiger partial charge < -0.3 is 4.74 Å². The molecule has 1 aromatic heterocycles. The Kier molecular flexibility index (Phi) is 7.49. The molecule has 0 radical (unpaired) electrons. The van der Waals surface area contributed by atoms with Gasteiger partial charge in [-0.05, 0) is 36.2 Å². The molecule has 3 aromatic rings. The zero-order valence-electron chi connectivity index (χ0n) is 17.5. The van der Waals surface area contributed by atoms with Crippen molar-refractivity contribution in [2.24, 2.45) is 0 Å². The molecular formula is C23H20F2N2O5S. The molecule has 172 valence electrons. The number of halogens is 2. The predicted octanol–water partition coefficient (Wildman–Crippen LogP) is 4.50. The molecule has 0 saturated carbocycles. The lowest BCUT2D eigenvalue weighted by molar-refractivity contribution is 0.0461. The summed E-state index contributed by atoms with van der Waals surface area (Å²) in [7, 11) is -4.25. The van der Waals surface area contributed by atoms with Gasteiger partial charge in [0.05, 0.1) is 5.69 Å². The summed E-state index contributed by atoms with van der Waals surface area (Å²) in [6.45, 7) is 1.64. The molecule has 0 bridgehead atoms. The zero-order chi connectivity index (χ0) is 24.0. The average Bonchev–Trinajstić information content (AvgIpc) is 2.78. The van der Waals surface area contributed by atoms with E-state index in [2.05, 4.69) is 4.98 Å². The number of hydrogen-bond acceptors (Lipinski definition) is 6. The lowest BCUT2D eigenvalue weighted by atomic mass is 10.2. The Morgan fingerprint density at radius 1 is 1.03 bits per heavy atom. The fraction of sp³-hybridized carbons (Fsp3) is 0.174. The van der Waals surface area contributed by atoms with Crippen molar-refractivity contribution < 1.29 is 31.5 Å². The molecule has 0 aliphatic heterocycles. The van der Waals surface area contributed by atoms with E-state index in [1.807, 2.05) is 11.6 Å². The van der Waals surface area contributed by atoms with Crippen LogP contribution < -0.4 is 4.72 Å². The summed E-state index contributed by atoms with van der Waals surface area (Å²) in [4.78, 5) is 27.5. The Bertz CT molecular complexity index is 1240. The Hall–Kier alpha value is -3.66. The van der Waals surface area contributed by atoms with E-state index in [1.165, 1.54) is 12.1 Å². The van der Waals surface area contributed by atoms with Gasteiger partial charge in [-0.15, -0.1) is 0 Å². The van der Waals surface area contributed by atoms with Crippen LogP contribution in [0.15, 0.2) is 65.7 Å². The Labute approximate surface area is 189 Å². The number of ketones is 1. The van der Waals surface area contributed by atoms with Gasteiger partial charge in [0.15, 0.2) is 5.78 Å². The molecule has 0 saturated heterocycles. The molecule has 7 nitrogen and oxygen atoms in total. The fourth-order valence-electron chi connectivity index (χ4n) is 2.90. The second-order valence-corrected chi connectivity index (χ2v) is 8.72. The minimum Gasteiger partial charge on any atom is -0.457 e. The maximum Gasteiger partial charge on any atom is 0.344 e. The first-order valence-corrected chi connectivity index (χ1v) is 11.4. The number of carbonyl (C=O) groups is 2. The number of hydrogen-bond donors (Lipinski definition) is 1. The van der Waals surface area contributed by atoms with Crippen molar-refractivity contribution in [3.8, 4) is 0 Å². The van der Waals surface area contributed by atoms with Crippen molar-refractivity contribution in [1.29, 1.82) is 0 Å². The monoisotopic (exact) mass is 474 g/mol. The molecule has 1 heterocycles. The van der Waals surface area contributed by atoms with E-state index in [0.29, 0.717) is 24.1 Å². The van der Waals surface area contributed by atoms with Crippen LogP contribution in [0.2, 0.25) is 0 Å². The van der Waals surface area contributed by atoms with Gasteiger partial charge in [-0.2, -0.15) is 0 Å². The smallest absolute Gasteiger partial charge is 0.344 e. The number of sulfonamides is 1. The number of nitrogens with zero attached hydrogens (tertiary/aromatic N) is 1. The first kappa shape index (κ1) is 24.0. The Morgan fingerprint density at radius 2 is 1.70 bits per heavy atom. The van der Waals surface area contributed by atoms with Crippen LogP contribution in [-0.4, -0.2) is 25.2 Å². The zero-order valence-corrected chi connectivity index (χ0v) is 18.4. The summed E-state index contributed by atoms with van der Waals surface area (Å²) in [5.74, 6) is -4.03. The second-order valence-electron chi connectivity index (χ2n) is 7.03. The fourth-order valence-corrected chi connectivity index (χ4v) is 3.88. The summed E-state index contributed by atoms with van der Waals surface area (Å²) >= 11 is 0. The maximum absolute atomic E-state index is 14.5. The Morgan fingerprint density at radius 3 is 2.27 bits per heavy atom. The minimum atomic E-state index is -4.25. The third kappa shape index (κ3) is 5.98. The number of anilines is 1. The van der Waals surface area contributed by atoms with Gasteiger partial charge in [0.25, 0.3) is 10.0 Å². The summed E-state index contributed by atoms with van der Waals surface area (Å²) in [6, 6.07) is 12.3. The van der Waals surface area contributed by atoms with Crippen LogP contribution >= 0.6 is 0 Å². The molecule has 10 heteroatoms. The molecule has 3 rings (SSSR count). The largest absolute Gasteiger partial charge is 0.457 e. The van der Waals surface area contributed by atoms with E-state index < -0.39 is 38.9 Å². The standard InChI is InChI=1S/C23H20F2N2O5S/c1-2-6-21(28)20-10-9-17(13-26-20)33(30,31)27-16-11-18(24)22(19(25)12-16)23(29)32-14-15-7-4-3-5-8-15/h3-5,7-13,27H,2,6,14H2,1H3.